The molecule has 2 heterocycles. The lowest BCUT2D eigenvalue weighted by molar-refractivity contribution is -0.126. The number of carbonyl (C=O) groups excluding carboxylic acids is 1. The number of carbonyl (C=O) groups is 1. The Bertz CT molecular complexity index is 643. The maximum absolute atomic E-state index is 12.0. The van der Waals surface area contributed by atoms with Crippen LogP contribution in [0.25, 0.3) is 11.3 Å². The van der Waals surface area contributed by atoms with Gasteiger partial charge < -0.3 is 4.74 Å². The lowest BCUT2D eigenvalue weighted by Gasteiger charge is -2.11. The van der Waals surface area contributed by atoms with Gasteiger partial charge in [0.05, 0.1) is 10.0 Å². The van der Waals surface area contributed by atoms with Crippen LogP contribution in [0, 0.1) is 0 Å². The molecule has 8 heteroatoms. The van der Waals surface area contributed by atoms with Crippen LogP contribution >= 0.6 is 45.9 Å². The summed E-state index contributed by atoms with van der Waals surface area (Å²) in [5.41, 5.74) is 1.48. The minimum absolute atomic E-state index is 0.202. The summed E-state index contributed by atoms with van der Waals surface area (Å²) < 4.78 is 6.65. The number of aromatic nitrogens is 1. The van der Waals surface area contributed by atoms with E-state index in [1.807, 2.05) is 5.38 Å². The lowest BCUT2D eigenvalue weighted by Crippen LogP contribution is -2.28. The third-order valence-corrected chi connectivity index (χ3v) is 5.15. The fourth-order valence-electron chi connectivity index (χ4n) is 1.66. The van der Waals surface area contributed by atoms with E-state index in [4.69, 9.17) is 27.9 Å². The summed E-state index contributed by atoms with van der Waals surface area (Å²) in [6, 6.07) is 1.77. The van der Waals surface area contributed by atoms with Crippen LogP contribution in [0.2, 0.25) is 8.67 Å². The third-order valence-electron chi connectivity index (χ3n) is 2.90. The number of rotatable bonds is 7. The van der Waals surface area contributed by atoms with E-state index in [1.165, 1.54) is 22.7 Å². The molecule has 2 rings (SSSR count). The number of amides is 1. The van der Waals surface area contributed by atoms with Crippen molar-refractivity contribution in [1.82, 2.24) is 4.98 Å². The minimum atomic E-state index is -0.502. The first kappa shape index (κ1) is 17.7. The molecule has 1 atom stereocenters. The zero-order valence-electron chi connectivity index (χ0n) is 12.2. The van der Waals surface area contributed by atoms with Crippen molar-refractivity contribution in [2.24, 2.45) is 0 Å². The summed E-state index contributed by atoms with van der Waals surface area (Å²) in [6.45, 7) is 4.39. The van der Waals surface area contributed by atoms with Crippen LogP contribution in [0.4, 0.5) is 5.13 Å². The number of hydrogen-bond acceptors (Lipinski definition) is 5. The van der Waals surface area contributed by atoms with Gasteiger partial charge in [-0.3, -0.25) is 10.1 Å². The Labute approximate surface area is 147 Å². The van der Waals surface area contributed by atoms with E-state index in [2.05, 4.69) is 17.2 Å². The number of halogens is 2. The Morgan fingerprint density at radius 1 is 1.50 bits per heavy atom. The molecule has 0 aliphatic carbocycles. The smallest absolute Gasteiger partial charge is 0.254 e. The number of ether oxygens (including phenoxy) is 1. The summed E-state index contributed by atoms with van der Waals surface area (Å²) >= 11 is 14.7. The number of unbranched alkanes of at least 4 members (excludes halogenated alkanes) is 1. The molecule has 0 fully saturated rings. The average Bonchev–Trinajstić information content (AvgIpc) is 3.05. The maximum Gasteiger partial charge on any atom is 0.254 e. The molecule has 0 radical (unpaired) electrons. The molecule has 0 aromatic carbocycles. The molecule has 0 saturated carbocycles. The first-order chi connectivity index (χ1) is 10.5. The van der Waals surface area contributed by atoms with E-state index < -0.39 is 6.10 Å². The molecule has 4 nitrogen and oxygen atoms in total. The van der Waals surface area contributed by atoms with Crippen LogP contribution in [-0.4, -0.2) is 23.6 Å². The van der Waals surface area contributed by atoms with Crippen molar-refractivity contribution < 1.29 is 9.53 Å². The number of nitrogens with zero attached hydrogens (tertiary/aromatic N) is 1. The SMILES string of the molecule is CCCCOC(C)C(=O)Nc1nc(-c2cc(Cl)sc2Cl)cs1. The highest BCUT2D eigenvalue weighted by molar-refractivity contribution is 7.20. The van der Waals surface area contributed by atoms with Crippen molar-refractivity contribution in [1.29, 1.82) is 0 Å². The largest absolute Gasteiger partial charge is 0.369 e. The molecule has 0 spiro atoms. The van der Waals surface area contributed by atoms with Gasteiger partial charge in [0.25, 0.3) is 5.91 Å². The molecule has 2 aromatic rings. The maximum atomic E-state index is 12.0. The van der Waals surface area contributed by atoms with Crippen molar-refractivity contribution in [3.63, 3.8) is 0 Å². The third kappa shape index (κ3) is 4.67. The van der Waals surface area contributed by atoms with Crippen molar-refractivity contribution in [2.75, 3.05) is 11.9 Å². The molecule has 120 valence electrons. The second-order valence-corrected chi connectivity index (χ2v) is 7.78. The molecule has 1 amide bonds. The van der Waals surface area contributed by atoms with Crippen molar-refractivity contribution >= 4 is 56.9 Å². The van der Waals surface area contributed by atoms with E-state index in [0.29, 0.717) is 26.1 Å². The zero-order valence-corrected chi connectivity index (χ0v) is 15.3. The number of hydrogen-bond donors (Lipinski definition) is 1. The highest BCUT2D eigenvalue weighted by Crippen LogP contribution is 2.38. The molecule has 0 aliphatic rings. The van der Waals surface area contributed by atoms with E-state index in [1.54, 1.807) is 13.0 Å². The second kappa shape index (κ2) is 8.26. The van der Waals surface area contributed by atoms with Crippen LogP contribution < -0.4 is 5.32 Å². The quantitative estimate of drug-likeness (QED) is 0.662. The van der Waals surface area contributed by atoms with Crippen molar-refractivity contribution in [2.45, 2.75) is 32.8 Å². The average molecular weight is 379 g/mol. The Kier molecular flexibility index (Phi) is 6.65. The van der Waals surface area contributed by atoms with Crippen molar-refractivity contribution in [3.8, 4) is 11.3 Å². The molecular weight excluding hydrogens is 363 g/mol. The summed E-state index contributed by atoms with van der Waals surface area (Å²) in [6.07, 6.45) is 1.47. The minimum Gasteiger partial charge on any atom is -0.369 e. The van der Waals surface area contributed by atoms with Crippen LogP contribution in [0.15, 0.2) is 11.4 Å². The highest BCUT2D eigenvalue weighted by Gasteiger charge is 2.16. The molecule has 2 aromatic heterocycles. The van der Waals surface area contributed by atoms with Gasteiger partial charge in [-0.05, 0) is 19.4 Å². The molecule has 0 bridgehead atoms. The van der Waals surface area contributed by atoms with Gasteiger partial charge in [-0.2, -0.15) is 0 Å². The Morgan fingerprint density at radius 3 is 2.91 bits per heavy atom. The number of nitrogens with one attached hydrogen (secondary N) is 1. The van der Waals surface area contributed by atoms with E-state index >= 15 is 0 Å². The monoisotopic (exact) mass is 378 g/mol. The number of thiophene rings is 1. The molecule has 0 saturated heterocycles. The van der Waals surface area contributed by atoms with E-state index in [0.717, 1.165) is 18.4 Å². The predicted molar refractivity (Wildman–Crippen MR) is 94.4 cm³/mol. The van der Waals surface area contributed by atoms with Gasteiger partial charge in [-0.1, -0.05) is 36.5 Å². The van der Waals surface area contributed by atoms with Gasteiger partial charge in [-0.25, -0.2) is 4.98 Å². The summed E-state index contributed by atoms with van der Waals surface area (Å²) in [7, 11) is 0. The Morgan fingerprint density at radius 2 is 2.27 bits per heavy atom. The fourth-order valence-corrected chi connectivity index (χ4v) is 3.85. The second-order valence-electron chi connectivity index (χ2n) is 4.63. The van der Waals surface area contributed by atoms with Gasteiger partial charge in [-0.15, -0.1) is 22.7 Å². The topological polar surface area (TPSA) is 51.2 Å². The summed E-state index contributed by atoms with van der Waals surface area (Å²) in [5.74, 6) is -0.202. The molecule has 1 unspecified atom stereocenters. The standard InChI is InChI=1S/C14H16Cl2N2O2S2/c1-3-4-5-20-8(2)13(19)18-14-17-10(7-21-14)9-6-11(15)22-12(9)16/h6-8H,3-5H2,1-2H3,(H,17,18,19). The van der Waals surface area contributed by atoms with E-state index in [9.17, 15) is 4.79 Å². The first-order valence-electron chi connectivity index (χ1n) is 6.84. The van der Waals surface area contributed by atoms with Crippen LogP contribution in [0.3, 0.4) is 0 Å². The Balaban J connectivity index is 1.97. The van der Waals surface area contributed by atoms with Gasteiger partial charge in [0.1, 0.15) is 10.4 Å². The molecule has 22 heavy (non-hydrogen) atoms. The summed E-state index contributed by atoms with van der Waals surface area (Å²) in [5, 5.41) is 5.11. The fraction of sp³-hybridized carbons (Fsp3) is 0.429. The predicted octanol–water partition coefficient (Wildman–Crippen LogP) is 5.32. The highest BCUT2D eigenvalue weighted by atomic mass is 35.5. The van der Waals surface area contributed by atoms with Crippen LogP contribution in [0.5, 0.6) is 0 Å². The number of thiazole rings is 1. The Hall–Kier alpha value is -0.660. The molecular formula is C14H16Cl2N2O2S2. The zero-order chi connectivity index (χ0) is 16.1. The van der Waals surface area contributed by atoms with Gasteiger partial charge in [0.15, 0.2) is 5.13 Å². The van der Waals surface area contributed by atoms with Crippen LogP contribution in [-0.2, 0) is 9.53 Å². The first-order valence-corrected chi connectivity index (χ1v) is 9.29. The number of anilines is 1. The summed E-state index contributed by atoms with van der Waals surface area (Å²) in [4.78, 5) is 16.4. The lowest BCUT2D eigenvalue weighted by atomic mass is 10.3. The molecule has 0 aliphatic heterocycles. The van der Waals surface area contributed by atoms with Crippen LogP contribution in [0.1, 0.15) is 26.7 Å². The van der Waals surface area contributed by atoms with Gasteiger partial charge >= 0.3 is 0 Å². The van der Waals surface area contributed by atoms with E-state index in [-0.39, 0.29) is 5.91 Å². The van der Waals surface area contributed by atoms with Gasteiger partial charge in [0, 0.05) is 17.6 Å². The van der Waals surface area contributed by atoms with Gasteiger partial charge in [0.2, 0.25) is 0 Å². The molecule has 1 N–H and O–H groups in total. The normalized spacial score (nSPS) is 12.4. The van der Waals surface area contributed by atoms with Crippen molar-refractivity contribution in [3.05, 3.63) is 20.1 Å².